The number of hydrogen-bond acceptors (Lipinski definition) is 6. The fraction of sp³-hybridized carbons (Fsp3) is 0.391. The predicted molar refractivity (Wildman–Crippen MR) is 119 cm³/mol. The third-order valence-electron chi connectivity index (χ3n) is 4.17. The molecule has 0 aliphatic carbocycles. The number of benzene rings is 2. The van der Waals surface area contributed by atoms with E-state index in [1.807, 2.05) is 13.8 Å². The Labute approximate surface area is 182 Å². The number of carbonyl (C=O) groups excluding carboxylic acids is 2. The average Bonchev–Trinajstić information content (AvgIpc) is 2.79. The lowest BCUT2D eigenvalue weighted by atomic mass is 10.2. The Kier molecular flexibility index (Phi) is 9.48. The predicted octanol–water partition coefficient (Wildman–Crippen LogP) is 3.65. The van der Waals surface area contributed by atoms with E-state index in [9.17, 15) is 9.59 Å². The molecule has 0 radical (unpaired) electrons. The summed E-state index contributed by atoms with van der Waals surface area (Å²) in [5, 5.41) is 5.35. The third-order valence-corrected chi connectivity index (χ3v) is 4.17. The standard InChI is InChI=1S/C23H30N2O6/c1-5-9-30-20-8-7-17(13-21(20)31-10-6-2)25-22(26)15-24-23(27)16-11-18(28-3)14-19(12-16)29-4/h7-8,11-14H,5-6,9-10,15H2,1-4H3,(H,24,27)(H,25,26). The zero-order chi connectivity index (χ0) is 22.6. The topological polar surface area (TPSA) is 95.1 Å². The largest absolute Gasteiger partial charge is 0.497 e. The minimum atomic E-state index is -0.414. The summed E-state index contributed by atoms with van der Waals surface area (Å²) < 4.78 is 21.8. The SMILES string of the molecule is CCCOc1ccc(NC(=O)CNC(=O)c2cc(OC)cc(OC)c2)cc1OCCC. The fourth-order valence-corrected chi connectivity index (χ4v) is 2.65. The summed E-state index contributed by atoms with van der Waals surface area (Å²) in [6.45, 7) is 4.96. The minimum absolute atomic E-state index is 0.197. The van der Waals surface area contributed by atoms with E-state index < -0.39 is 5.91 Å². The van der Waals surface area contributed by atoms with E-state index in [4.69, 9.17) is 18.9 Å². The minimum Gasteiger partial charge on any atom is -0.497 e. The first-order valence-corrected chi connectivity index (χ1v) is 10.2. The Morgan fingerprint density at radius 3 is 2.03 bits per heavy atom. The van der Waals surface area contributed by atoms with E-state index >= 15 is 0 Å². The smallest absolute Gasteiger partial charge is 0.251 e. The number of hydrogen-bond donors (Lipinski definition) is 2. The molecule has 2 N–H and O–H groups in total. The van der Waals surface area contributed by atoms with Crippen LogP contribution in [0.15, 0.2) is 36.4 Å². The van der Waals surface area contributed by atoms with Crippen molar-refractivity contribution in [1.82, 2.24) is 5.32 Å². The highest BCUT2D eigenvalue weighted by atomic mass is 16.5. The molecule has 2 aromatic carbocycles. The molecule has 0 heterocycles. The van der Waals surface area contributed by atoms with Gasteiger partial charge in [-0.1, -0.05) is 13.8 Å². The Morgan fingerprint density at radius 2 is 1.45 bits per heavy atom. The van der Waals surface area contributed by atoms with Gasteiger partial charge in [0.05, 0.1) is 34.0 Å². The summed E-state index contributed by atoms with van der Waals surface area (Å²) in [5.74, 6) is 1.39. The van der Waals surface area contributed by atoms with E-state index in [0.717, 1.165) is 12.8 Å². The molecular formula is C23H30N2O6. The summed E-state index contributed by atoms with van der Waals surface area (Å²) in [5.41, 5.74) is 0.883. The van der Waals surface area contributed by atoms with Gasteiger partial charge in [-0.25, -0.2) is 0 Å². The van der Waals surface area contributed by atoms with Crippen LogP contribution in [0.4, 0.5) is 5.69 Å². The first-order chi connectivity index (χ1) is 15.0. The first kappa shape index (κ1) is 23.9. The average molecular weight is 431 g/mol. The van der Waals surface area contributed by atoms with Gasteiger partial charge >= 0.3 is 0 Å². The molecule has 0 unspecified atom stereocenters. The van der Waals surface area contributed by atoms with Gasteiger partial charge in [0, 0.05) is 23.4 Å². The van der Waals surface area contributed by atoms with Gasteiger partial charge in [-0.3, -0.25) is 9.59 Å². The van der Waals surface area contributed by atoms with Gasteiger partial charge in [-0.2, -0.15) is 0 Å². The second kappa shape index (κ2) is 12.3. The number of methoxy groups -OCH3 is 2. The molecule has 2 amide bonds. The molecule has 0 fully saturated rings. The summed E-state index contributed by atoms with van der Waals surface area (Å²) in [7, 11) is 3.00. The van der Waals surface area contributed by atoms with Crippen LogP contribution < -0.4 is 29.6 Å². The van der Waals surface area contributed by atoms with Crippen LogP contribution in [0.1, 0.15) is 37.0 Å². The number of amides is 2. The van der Waals surface area contributed by atoms with Gasteiger partial charge in [-0.15, -0.1) is 0 Å². The maximum absolute atomic E-state index is 12.4. The second-order valence-electron chi connectivity index (χ2n) is 6.69. The van der Waals surface area contributed by atoms with Gasteiger partial charge in [0.2, 0.25) is 5.91 Å². The molecule has 0 bridgehead atoms. The Balaban J connectivity index is 1.99. The van der Waals surface area contributed by atoms with Crippen molar-refractivity contribution in [3.8, 4) is 23.0 Å². The number of rotatable bonds is 12. The third kappa shape index (κ3) is 7.40. The van der Waals surface area contributed by atoms with Crippen molar-refractivity contribution in [3.05, 3.63) is 42.0 Å². The lowest BCUT2D eigenvalue weighted by molar-refractivity contribution is -0.115. The zero-order valence-corrected chi connectivity index (χ0v) is 18.4. The highest BCUT2D eigenvalue weighted by Gasteiger charge is 2.13. The monoisotopic (exact) mass is 430 g/mol. The molecule has 8 nitrogen and oxygen atoms in total. The van der Waals surface area contributed by atoms with Crippen LogP contribution >= 0.6 is 0 Å². The molecule has 2 rings (SSSR count). The quantitative estimate of drug-likeness (QED) is 0.534. The normalized spacial score (nSPS) is 10.2. The van der Waals surface area contributed by atoms with Crippen LogP contribution in [0.2, 0.25) is 0 Å². The highest BCUT2D eigenvalue weighted by molar-refractivity contribution is 5.99. The summed E-state index contributed by atoms with van der Waals surface area (Å²) >= 11 is 0. The molecule has 0 spiro atoms. The highest BCUT2D eigenvalue weighted by Crippen LogP contribution is 2.31. The van der Waals surface area contributed by atoms with E-state index in [1.165, 1.54) is 14.2 Å². The van der Waals surface area contributed by atoms with Gasteiger partial charge in [0.15, 0.2) is 11.5 Å². The first-order valence-electron chi connectivity index (χ1n) is 10.2. The van der Waals surface area contributed by atoms with Crippen molar-refractivity contribution in [2.75, 3.05) is 39.3 Å². The Morgan fingerprint density at radius 1 is 0.839 bits per heavy atom. The number of carbonyl (C=O) groups is 2. The van der Waals surface area contributed by atoms with E-state index in [-0.39, 0.29) is 12.5 Å². The van der Waals surface area contributed by atoms with Gasteiger partial charge < -0.3 is 29.6 Å². The maximum Gasteiger partial charge on any atom is 0.251 e. The van der Waals surface area contributed by atoms with Crippen LogP contribution in [0, 0.1) is 0 Å². The molecule has 8 heteroatoms. The number of nitrogens with one attached hydrogen (secondary N) is 2. The van der Waals surface area contributed by atoms with Crippen molar-refractivity contribution in [2.24, 2.45) is 0 Å². The van der Waals surface area contributed by atoms with Crippen LogP contribution in [-0.2, 0) is 4.79 Å². The molecule has 0 saturated heterocycles. The Hall–Kier alpha value is -3.42. The van der Waals surface area contributed by atoms with Crippen molar-refractivity contribution in [3.63, 3.8) is 0 Å². The van der Waals surface area contributed by atoms with Crippen LogP contribution in [0.25, 0.3) is 0 Å². The molecule has 0 aromatic heterocycles. The van der Waals surface area contributed by atoms with E-state index in [2.05, 4.69) is 10.6 Å². The summed E-state index contributed by atoms with van der Waals surface area (Å²) in [6.07, 6.45) is 1.73. The molecule has 0 aliphatic heterocycles. The molecule has 0 atom stereocenters. The van der Waals surface area contributed by atoms with Gasteiger partial charge in [0.1, 0.15) is 11.5 Å². The zero-order valence-electron chi connectivity index (χ0n) is 18.4. The van der Waals surface area contributed by atoms with Crippen molar-refractivity contribution in [1.29, 1.82) is 0 Å². The second-order valence-corrected chi connectivity index (χ2v) is 6.69. The molecule has 168 valence electrons. The van der Waals surface area contributed by atoms with Crippen molar-refractivity contribution < 1.29 is 28.5 Å². The lowest BCUT2D eigenvalue weighted by Gasteiger charge is -2.14. The maximum atomic E-state index is 12.4. The summed E-state index contributed by atoms with van der Waals surface area (Å²) in [6, 6.07) is 10.0. The number of ether oxygens (including phenoxy) is 4. The van der Waals surface area contributed by atoms with Gasteiger partial charge in [0.25, 0.3) is 5.91 Å². The molecule has 2 aromatic rings. The van der Waals surface area contributed by atoms with Crippen LogP contribution in [0.3, 0.4) is 0 Å². The van der Waals surface area contributed by atoms with E-state index in [0.29, 0.717) is 47.5 Å². The van der Waals surface area contributed by atoms with Crippen LogP contribution in [0.5, 0.6) is 23.0 Å². The van der Waals surface area contributed by atoms with E-state index in [1.54, 1.807) is 36.4 Å². The van der Waals surface area contributed by atoms with Gasteiger partial charge in [-0.05, 0) is 37.1 Å². The molecule has 31 heavy (non-hydrogen) atoms. The van der Waals surface area contributed by atoms with Crippen molar-refractivity contribution >= 4 is 17.5 Å². The van der Waals surface area contributed by atoms with Crippen molar-refractivity contribution in [2.45, 2.75) is 26.7 Å². The Bertz CT molecular complexity index is 862. The summed E-state index contributed by atoms with van der Waals surface area (Å²) in [4.78, 5) is 24.7. The molecule has 0 saturated carbocycles. The number of anilines is 1. The molecule has 0 aliphatic rings. The van der Waals surface area contributed by atoms with Crippen LogP contribution in [-0.4, -0.2) is 45.8 Å². The molecular weight excluding hydrogens is 400 g/mol. The lowest BCUT2D eigenvalue weighted by Crippen LogP contribution is -2.32. The fourth-order valence-electron chi connectivity index (χ4n) is 2.65.